The largest absolute Gasteiger partial charge is 0.395 e. The first-order valence-electron chi connectivity index (χ1n) is 7.59. The molecule has 1 aliphatic rings. The lowest BCUT2D eigenvalue weighted by Gasteiger charge is -2.26. The van der Waals surface area contributed by atoms with Crippen molar-refractivity contribution < 1.29 is 13.5 Å². The fourth-order valence-corrected chi connectivity index (χ4v) is 4.73. The fourth-order valence-electron chi connectivity index (χ4n) is 2.88. The zero-order valence-corrected chi connectivity index (χ0v) is 13.1. The second-order valence-electron chi connectivity index (χ2n) is 5.70. The van der Waals surface area contributed by atoms with Gasteiger partial charge in [-0.2, -0.15) is 4.31 Å². The predicted octanol–water partition coefficient (Wildman–Crippen LogP) is 1.79. The highest BCUT2D eigenvalue weighted by atomic mass is 32.2. The normalized spacial score (nSPS) is 17.2. The number of rotatable bonds is 7. The van der Waals surface area contributed by atoms with Gasteiger partial charge in [0, 0.05) is 25.5 Å². The quantitative estimate of drug-likeness (QED) is 0.833. The summed E-state index contributed by atoms with van der Waals surface area (Å²) in [5.41, 5.74) is 0.846. The maximum Gasteiger partial charge on any atom is 0.214 e. The first-order chi connectivity index (χ1) is 10.1. The molecule has 1 aliphatic carbocycles. The molecule has 21 heavy (non-hydrogen) atoms. The van der Waals surface area contributed by atoms with E-state index in [2.05, 4.69) is 4.98 Å². The molecule has 0 unspecified atom stereocenters. The molecule has 0 atom stereocenters. The zero-order chi connectivity index (χ0) is 15.1. The summed E-state index contributed by atoms with van der Waals surface area (Å²) in [6.07, 6.45) is 8.80. The summed E-state index contributed by atoms with van der Waals surface area (Å²) in [5.74, 6) is 0.464. The minimum absolute atomic E-state index is 0.143. The minimum Gasteiger partial charge on any atom is -0.395 e. The van der Waals surface area contributed by atoms with Gasteiger partial charge in [0.25, 0.3) is 0 Å². The van der Waals surface area contributed by atoms with Crippen molar-refractivity contribution in [2.24, 2.45) is 5.92 Å². The molecule has 0 aromatic carbocycles. The van der Waals surface area contributed by atoms with E-state index >= 15 is 0 Å². The maximum absolute atomic E-state index is 12.6. The van der Waals surface area contributed by atoms with E-state index in [0.29, 0.717) is 0 Å². The molecule has 0 aliphatic heterocycles. The van der Waals surface area contributed by atoms with Gasteiger partial charge in [-0.15, -0.1) is 0 Å². The van der Waals surface area contributed by atoms with Crippen LogP contribution < -0.4 is 0 Å². The fraction of sp³-hybridized carbons (Fsp3) is 0.667. The third-order valence-electron chi connectivity index (χ3n) is 4.00. The van der Waals surface area contributed by atoms with Crippen LogP contribution in [0.1, 0.15) is 37.7 Å². The van der Waals surface area contributed by atoms with Crippen LogP contribution in [0.25, 0.3) is 0 Å². The van der Waals surface area contributed by atoms with E-state index in [1.165, 1.54) is 10.7 Å². The van der Waals surface area contributed by atoms with Gasteiger partial charge < -0.3 is 5.11 Å². The van der Waals surface area contributed by atoms with E-state index in [1.54, 1.807) is 18.5 Å². The SMILES string of the molecule is O=S(=O)(CC1CCCCC1)N(CCO)Cc1cccnc1. The number of aliphatic hydroxyl groups is 1. The van der Waals surface area contributed by atoms with Crippen molar-refractivity contribution in [1.82, 2.24) is 9.29 Å². The van der Waals surface area contributed by atoms with Crippen LogP contribution in [-0.2, 0) is 16.6 Å². The molecule has 0 saturated heterocycles. The van der Waals surface area contributed by atoms with Gasteiger partial charge in [-0.05, 0) is 30.4 Å². The highest BCUT2D eigenvalue weighted by Gasteiger charge is 2.27. The third-order valence-corrected chi connectivity index (χ3v) is 5.99. The average Bonchev–Trinajstić information content (AvgIpc) is 2.48. The molecule has 1 fully saturated rings. The average molecular weight is 312 g/mol. The zero-order valence-electron chi connectivity index (χ0n) is 12.3. The van der Waals surface area contributed by atoms with E-state index in [1.807, 2.05) is 6.07 Å². The molecule has 118 valence electrons. The van der Waals surface area contributed by atoms with Crippen molar-refractivity contribution in [1.29, 1.82) is 0 Å². The van der Waals surface area contributed by atoms with E-state index in [0.717, 1.165) is 31.2 Å². The lowest BCUT2D eigenvalue weighted by Crippen LogP contribution is -2.37. The van der Waals surface area contributed by atoms with Crippen molar-refractivity contribution in [2.75, 3.05) is 18.9 Å². The van der Waals surface area contributed by atoms with Crippen LogP contribution in [0.5, 0.6) is 0 Å². The molecule has 1 saturated carbocycles. The molecule has 0 bridgehead atoms. The summed E-state index contributed by atoms with van der Waals surface area (Å²) >= 11 is 0. The number of aromatic nitrogens is 1. The first kappa shape index (κ1) is 16.4. The lowest BCUT2D eigenvalue weighted by molar-refractivity contribution is 0.249. The Morgan fingerprint density at radius 2 is 2.05 bits per heavy atom. The number of nitrogens with zero attached hydrogens (tertiary/aromatic N) is 2. The van der Waals surface area contributed by atoms with Crippen LogP contribution in [0.2, 0.25) is 0 Å². The summed E-state index contributed by atoms with van der Waals surface area (Å²) in [4.78, 5) is 4.01. The lowest BCUT2D eigenvalue weighted by atomic mass is 9.91. The van der Waals surface area contributed by atoms with Crippen LogP contribution >= 0.6 is 0 Å². The van der Waals surface area contributed by atoms with Crippen LogP contribution in [0.3, 0.4) is 0 Å². The number of pyridine rings is 1. The van der Waals surface area contributed by atoms with Gasteiger partial charge in [0.15, 0.2) is 0 Å². The molecule has 1 N–H and O–H groups in total. The Kier molecular flexibility index (Phi) is 6.14. The summed E-state index contributed by atoms with van der Waals surface area (Å²) < 4.78 is 26.6. The Morgan fingerprint density at radius 3 is 2.67 bits per heavy atom. The van der Waals surface area contributed by atoms with Gasteiger partial charge in [-0.1, -0.05) is 25.3 Å². The summed E-state index contributed by atoms with van der Waals surface area (Å²) in [6, 6.07) is 3.65. The third kappa shape index (κ3) is 5.05. The highest BCUT2D eigenvalue weighted by molar-refractivity contribution is 7.89. The Bertz CT molecular complexity index is 513. The monoisotopic (exact) mass is 312 g/mol. The standard InChI is InChI=1S/C15H24N2O3S/c18-10-9-17(12-15-7-4-8-16-11-15)21(19,20)13-14-5-2-1-3-6-14/h4,7-8,11,14,18H,1-3,5-6,9-10,12-13H2. The van der Waals surface area contributed by atoms with Gasteiger partial charge in [-0.25, -0.2) is 8.42 Å². The van der Waals surface area contributed by atoms with Crippen molar-refractivity contribution in [3.63, 3.8) is 0 Å². The van der Waals surface area contributed by atoms with E-state index in [-0.39, 0.29) is 31.4 Å². The molecular formula is C15H24N2O3S. The second-order valence-corrected chi connectivity index (χ2v) is 7.71. The van der Waals surface area contributed by atoms with Crippen molar-refractivity contribution in [2.45, 2.75) is 38.6 Å². The number of sulfonamides is 1. The van der Waals surface area contributed by atoms with Gasteiger partial charge in [0.05, 0.1) is 12.4 Å². The summed E-state index contributed by atoms with van der Waals surface area (Å²) in [6.45, 7) is 0.261. The number of aliphatic hydroxyl groups excluding tert-OH is 1. The topological polar surface area (TPSA) is 70.5 Å². The summed E-state index contributed by atoms with van der Waals surface area (Å²) in [5, 5.41) is 9.16. The van der Waals surface area contributed by atoms with Gasteiger partial charge >= 0.3 is 0 Å². The molecule has 5 nitrogen and oxygen atoms in total. The Balaban J connectivity index is 2.04. The smallest absolute Gasteiger partial charge is 0.214 e. The molecule has 0 spiro atoms. The molecule has 1 aromatic heterocycles. The van der Waals surface area contributed by atoms with E-state index in [4.69, 9.17) is 5.11 Å². The first-order valence-corrected chi connectivity index (χ1v) is 9.20. The van der Waals surface area contributed by atoms with Gasteiger partial charge in [0.1, 0.15) is 0 Å². The molecule has 1 heterocycles. The van der Waals surface area contributed by atoms with Crippen molar-refractivity contribution >= 4 is 10.0 Å². The van der Waals surface area contributed by atoms with Gasteiger partial charge in [-0.3, -0.25) is 4.98 Å². The molecule has 2 rings (SSSR count). The van der Waals surface area contributed by atoms with Gasteiger partial charge in [0.2, 0.25) is 10.0 Å². The summed E-state index contributed by atoms with van der Waals surface area (Å²) in [7, 11) is -3.34. The van der Waals surface area contributed by atoms with Crippen LogP contribution in [0.4, 0.5) is 0 Å². The van der Waals surface area contributed by atoms with Crippen molar-refractivity contribution in [3.8, 4) is 0 Å². The Labute approximate surface area is 127 Å². The predicted molar refractivity (Wildman–Crippen MR) is 82.1 cm³/mol. The van der Waals surface area contributed by atoms with E-state index in [9.17, 15) is 8.42 Å². The second kappa shape index (κ2) is 7.87. The van der Waals surface area contributed by atoms with Crippen LogP contribution in [-0.4, -0.2) is 41.7 Å². The maximum atomic E-state index is 12.6. The van der Waals surface area contributed by atoms with Crippen LogP contribution in [0.15, 0.2) is 24.5 Å². The molecule has 0 amide bonds. The number of hydrogen-bond acceptors (Lipinski definition) is 4. The minimum atomic E-state index is -3.34. The van der Waals surface area contributed by atoms with E-state index < -0.39 is 10.0 Å². The van der Waals surface area contributed by atoms with Crippen molar-refractivity contribution in [3.05, 3.63) is 30.1 Å². The molecule has 6 heteroatoms. The Morgan fingerprint density at radius 1 is 1.29 bits per heavy atom. The molecule has 0 radical (unpaired) electrons. The molecular weight excluding hydrogens is 288 g/mol. The molecule has 1 aromatic rings. The van der Waals surface area contributed by atoms with Crippen LogP contribution in [0, 0.1) is 5.92 Å². The Hall–Kier alpha value is -0.980. The number of hydrogen-bond donors (Lipinski definition) is 1. The highest BCUT2D eigenvalue weighted by Crippen LogP contribution is 2.26.